The zero-order valence-corrected chi connectivity index (χ0v) is 21.4. The van der Waals surface area contributed by atoms with E-state index in [1.165, 1.54) is 4.90 Å². The van der Waals surface area contributed by atoms with Crippen molar-refractivity contribution in [3.63, 3.8) is 0 Å². The Morgan fingerprint density at radius 3 is 2.41 bits per heavy atom. The molecule has 0 radical (unpaired) electrons. The van der Waals surface area contributed by atoms with Crippen LogP contribution >= 0.6 is 0 Å². The summed E-state index contributed by atoms with van der Waals surface area (Å²) in [6.45, 7) is 6.17. The van der Waals surface area contributed by atoms with E-state index in [9.17, 15) is 14.4 Å². The number of nitrogens with one attached hydrogen (secondary N) is 2. The van der Waals surface area contributed by atoms with E-state index in [2.05, 4.69) is 10.6 Å². The maximum Gasteiger partial charge on any atom is 0.411 e. The van der Waals surface area contributed by atoms with Gasteiger partial charge in [0.25, 0.3) is 0 Å². The Kier molecular flexibility index (Phi) is 8.23. The summed E-state index contributed by atoms with van der Waals surface area (Å²) < 4.78 is 5.77. The number of benzene rings is 3. The van der Waals surface area contributed by atoms with Gasteiger partial charge in [-0.15, -0.1) is 0 Å². The number of hydrogen-bond acceptors (Lipinski definition) is 4. The van der Waals surface area contributed by atoms with Crippen LogP contribution in [0.15, 0.2) is 78.9 Å². The Balaban J connectivity index is 1.57. The Labute approximate surface area is 217 Å². The average Bonchev–Trinajstić information content (AvgIpc) is 3.21. The zero-order chi connectivity index (χ0) is 26.4. The minimum absolute atomic E-state index is 0.0475. The van der Waals surface area contributed by atoms with Gasteiger partial charge >= 0.3 is 6.09 Å². The molecular formula is C30H33N3O4. The summed E-state index contributed by atoms with van der Waals surface area (Å²) in [5.41, 5.74) is 4.15. The van der Waals surface area contributed by atoms with Crippen molar-refractivity contribution >= 4 is 23.6 Å². The number of hydrogen-bond donors (Lipinski definition) is 2. The van der Waals surface area contributed by atoms with Crippen LogP contribution in [-0.4, -0.2) is 34.9 Å². The molecule has 1 aliphatic rings. The van der Waals surface area contributed by atoms with Crippen LogP contribution in [0.5, 0.6) is 0 Å². The molecule has 0 aliphatic carbocycles. The maximum atomic E-state index is 13.4. The highest BCUT2D eigenvalue weighted by atomic mass is 16.6. The topological polar surface area (TPSA) is 87.7 Å². The van der Waals surface area contributed by atoms with Gasteiger partial charge < -0.3 is 15.4 Å². The van der Waals surface area contributed by atoms with Crippen molar-refractivity contribution in [2.24, 2.45) is 0 Å². The van der Waals surface area contributed by atoms with E-state index < -0.39 is 18.2 Å². The van der Waals surface area contributed by atoms with Crippen molar-refractivity contribution in [1.29, 1.82) is 0 Å². The summed E-state index contributed by atoms with van der Waals surface area (Å²) >= 11 is 0. The molecule has 2 N–H and O–H groups in total. The number of rotatable bonds is 9. The summed E-state index contributed by atoms with van der Waals surface area (Å²) in [6, 6.07) is 23.6. The van der Waals surface area contributed by atoms with Gasteiger partial charge in [0, 0.05) is 11.7 Å². The molecule has 0 saturated carbocycles. The minimum Gasteiger partial charge on any atom is -0.438 e. The Bertz CT molecular complexity index is 1240. The molecule has 37 heavy (non-hydrogen) atoms. The molecule has 0 spiro atoms. The molecule has 3 aromatic rings. The highest BCUT2D eigenvalue weighted by molar-refractivity contribution is 5.92. The second-order valence-corrected chi connectivity index (χ2v) is 9.52. The molecule has 3 atom stereocenters. The van der Waals surface area contributed by atoms with E-state index >= 15 is 0 Å². The maximum absolute atomic E-state index is 13.4. The lowest BCUT2D eigenvalue weighted by atomic mass is 9.99. The zero-order valence-electron chi connectivity index (χ0n) is 21.4. The van der Waals surface area contributed by atoms with E-state index in [0.29, 0.717) is 11.3 Å². The van der Waals surface area contributed by atoms with Crippen LogP contribution in [0.25, 0.3) is 0 Å². The molecule has 1 fully saturated rings. The fraction of sp³-hybridized carbons (Fsp3) is 0.300. The highest BCUT2D eigenvalue weighted by Crippen LogP contribution is 2.35. The van der Waals surface area contributed by atoms with Crippen LogP contribution in [0.4, 0.5) is 10.5 Å². The minimum atomic E-state index is -0.849. The first-order chi connectivity index (χ1) is 17.8. The normalized spacial score (nSPS) is 17.7. The Morgan fingerprint density at radius 2 is 1.70 bits per heavy atom. The van der Waals surface area contributed by atoms with Crippen LogP contribution in [0, 0.1) is 6.92 Å². The molecule has 1 saturated heterocycles. The van der Waals surface area contributed by atoms with E-state index in [4.69, 9.17) is 4.74 Å². The van der Waals surface area contributed by atoms with Crippen molar-refractivity contribution in [3.8, 4) is 0 Å². The van der Waals surface area contributed by atoms with Gasteiger partial charge in [0.15, 0.2) is 12.1 Å². The van der Waals surface area contributed by atoms with Crippen LogP contribution in [0.2, 0.25) is 0 Å². The third-order valence-electron chi connectivity index (χ3n) is 6.53. The van der Waals surface area contributed by atoms with Crippen molar-refractivity contribution in [2.75, 3.05) is 5.32 Å². The van der Waals surface area contributed by atoms with Crippen molar-refractivity contribution in [3.05, 3.63) is 101 Å². The van der Waals surface area contributed by atoms with Crippen LogP contribution in [0.3, 0.4) is 0 Å². The molecule has 3 aromatic carbocycles. The number of amides is 3. The quantitative estimate of drug-likeness (QED) is 0.426. The largest absolute Gasteiger partial charge is 0.438 e. The molecule has 192 valence electrons. The van der Waals surface area contributed by atoms with E-state index in [-0.39, 0.29) is 30.8 Å². The van der Waals surface area contributed by atoms with Gasteiger partial charge in [-0.3, -0.25) is 14.5 Å². The lowest BCUT2D eigenvalue weighted by Crippen LogP contribution is -2.48. The molecule has 0 bridgehead atoms. The Hall–Kier alpha value is -4.13. The molecule has 1 aliphatic heterocycles. The highest BCUT2D eigenvalue weighted by Gasteiger charge is 2.47. The molecule has 7 nitrogen and oxygen atoms in total. The van der Waals surface area contributed by atoms with Crippen molar-refractivity contribution in [2.45, 2.75) is 58.3 Å². The van der Waals surface area contributed by atoms with Crippen molar-refractivity contribution < 1.29 is 19.1 Å². The van der Waals surface area contributed by atoms with Gasteiger partial charge in [0.05, 0.1) is 13.0 Å². The number of cyclic esters (lactones) is 1. The fourth-order valence-electron chi connectivity index (χ4n) is 4.31. The standard InChI is InChI=1S/C30H33N3O4/c1-4-21(3)31-29(35)27-28(37-30(36)33(27)19-23-15-13-20(2)14-16-23)24-11-8-12-25(18-24)32-26(34)17-22-9-6-5-7-10-22/h5-16,18,21,27-28H,4,17,19H2,1-3H3,(H,31,35)(H,32,34)/t21-,27+,28-/m0/s1. The lowest BCUT2D eigenvalue weighted by Gasteiger charge is -2.26. The Morgan fingerprint density at radius 1 is 0.973 bits per heavy atom. The van der Waals surface area contributed by atoms with E-state index in [0.717, 1.165) is 23.1 Å². The molecule has 4 rings (SSSR count). The molecule has 1 heterocycles. The van der Waals surface area contributed by atoms with Crippen LogP contribution in [-0.2, 0) is 27.3 Å². The number of nitrogens with zero attached hydrogens (tertiary/aromatic N) is 1. The number of anilines is 1. The molecule has 7 heteroatoms. The van der Waals surface area contributed by atoms with E-state index in [1.807, 2.05) is 81.4 Å². The average molecular weight is 500 g/mol. The predicted molar refractivity (Wildman–Crippen MR) is 143 cm³/mol. The fourth-order valence-corrected chi connectivity index (χ4v) is 4.31. The van der Waals surface area contributed by atoms with Crippen LogP contribution in [0.1, 0.15) is 48.6 Å². The molecule has 0 unspecified atom stereocenters. The second-order valence-electron chi connectivity index (χ2n) is 9.52. The predicted octanol–water partition coefficient (Wildman–Crippen LogP) is 5.15. The first-order valence-corrected chi connectivity index (χ1v) is 12.6. The summed E-state index contributed by atoms with van der Waals surface area (Å²) in [7, 11) is 0. The van der Waals surface area contributed by atoms with Gasteiger partial charge in [-0.1, -0.05) is 79.2 Å². The summed E-state index contributed by atoms with van der Waals surface area (Å²) in [5, 5.41) is 5.92. The first-order valence-electron chi connectivity index (χ1n) is 12.6. The van der Waals surface area contributed by atoms with Gasteiger partial charge in [-0.2, -0.15) is 0 Å². The SMILES string of the molecule is CC[C@H](C)NC(=O)[C@H]1[C@H](c2cccc(NC(=O)Cc3ccccc3)c2)OC(=O)N1Cc1ccc(C)cc1. The third-order valence-corrected chi connectivity index (χ3v) is 6.53. The summed E-state index contributed by atoms with van der Waals surface area (Å²) in [4.78, 5) is 40.5. The lowest BCUT2D eigenvalue weighted by molar-refractivity contribution is -0.127. The molecular weight excluding hydrogens is 466 g/mol. The third kappa shape index (κ3) is 6.55. The summed E-state index contributed by atoms with van der Waals surface area (Å²) in [5.74, 6) is -0.422. The van der Waals surface area contributed by atoms with Crippen molar-refractivity contribution in [1.82, 2.24) is 10.2 Å². The monoisotopic (exact) mass is 499 g/mol. The molecule has 3 amide bonds. The van der Waals surface area contributed by atoms with Gasteiger partial charge in [-0.05, 0) is 49.1 Å². The smallest absolute Gasteiger partial charge is 0.411 e. The first kappa shape index (κ1) is 25.9. The second kappa shape index (κ2) is 11.7. The van der Waals surface area contributed by atoms with E-state index in [1.54, 1.807) is 18.2 Å². The van der Waals surface area contributed by atoms with Gasteiger partial charge in [0.2, 0.25) is 11.8 Å². The van der Waals surface area contributed by atoms with Gasteiger partial charge in [-0.25, -0.2) is 4.79 Å². The summed E-state index contributed by atoms with van der Waals surface area (Å²) in [6.07, 6.45) is -0.353. The number of carbonyl (C=O) groups excluding carboxylic acids is 3. The van der Waals surface area contributed by atoms with Crippen LogP contribution < -0.4 is 10.6 Å². The number of carbonyl (C=O) groups is 3. The van der Waals surface area contributed by atoms with Gasteiger partial charge in [0.1, 0.15) is 0 Å². The molecule has 0 aromatic heterocycles. The number of aryl methyl sites for hydroxylation is 1. The number of ether oxygens (including phenoxy) is 1.